The lowest BCUT2D eigenvalue weighted by molar-refractivity contribution is 0.202. The van der Waals surface area contributed by atoms with Crippen LogP contribution in [0.3, 0.4) is 0 Å². The van der Waals surface area contributed by atoms with Crippen molar-refractivity contribution in [3.8, 4) is 5.75 Å². The number of hydrogen-bond donors (Lipinski definition) is 0. The van der Waals surface area contributed by atoms with Crippen LogP contribution in [-0.4, -0.2) is 18.8 Å². The summed E-state index contributed by atoms with van der Waals surface area (Å²) in [6.07, 6.45) is 23.6. The van der Waals surface area contributed by atoms with Crippen molar-refractivity contribution in [3.05, 3.63) is 42.0 Å². The molecular formula is C27H44O2. The van der Waals surface area contributed by atoms with Crippen molar-refractivity contribution in [1.29, 1.82) is 0 Å². The van der Waals surface area contributed by atoms with Crippen molar-refractivity contribution < 1.29 is 9.47 Å². The Labute approximate surface area is 180 Å². The Hall–Kier alpha value is -1.28. The minimum Gasteiger partial charge on any atom is -0.490 e. The fourth-order valence-electron chi connectivity index (χ4n) is 3.63. The normalized spacial score (nSPS) is 18.4. The molecule has 0 aromatic heterocycles. The van der Waals surface area contributed by atoms with Crippen LogP contribution in [-0.2, 0) is 11.2 Å². The van der Waals surface area contributed by atoms with Gasteiger partial charge in [-0.05, 0) is 63.1 Å². The zero-order valence-electron chi connectivity index (χ0n) is 19.1. The van der Waals surface area contributed by atoms with E-state index in [0.717, 1.165) is 18.8 Å². The molecule has 1 unspecified atom stereocenters. The van der Waals surface area contributed by atoms with E-state index in [0.29, 0.717) is 6.61 Å². The van der Waals surface area contributed by atoms with Gasteiger partial charge in [-0.1, -0.05) is 82.6 Å². The van der Waals surface area contributed by atoms with E-state index in [9.17, 15) is 0 Å². The third kappa shape index (κ3) is 12.1. The van der Waals surface area contributed by atoms with E-state index in [1.165, 1.54) is 89.0 Å². The Morgan fingerprint density at radius 1 is 0.897 bits per heavy atom. The van der Waals surface area contributed by atoms with E-state index < -0.39 is 0 Å². The zero-order valence-corrected chi connectivity index (χ0v) is 19.1. The molecular weight excluding hydrogens is 356 g/mol. The van der Waals surface area contributed by atoms with Crippen LogP contribution in [0.15, 0.2) is 36.4 Å². The predicted molar refractivity (Wildman–Crippen MR) is 125 cm³/mol. The van der Waals surface area contributed by atoms with Crippen molar-refractivity contribution in [2.75, 3.05) is 13.2 Å². The molecule has 29 heavy (non-hydrogen) atoms. The molecule has 0 bridgehead atoms. The van der Waals surface area contributed by atoms with E-state index in [-0.39, 0.29) is 5.60 Å². The lowest BCUT2D eigenvalue weighted by Gasteiger charge is -2.10. The standard InChI is InChI=1S/C27H44O2/c1-3-4-5-6-7-8-9-10-11-12-13-14-15-16-17-19-25-20-18-21-26(22-25)28-23-27(2)24-29-27/h7-8,18,20-22H,3-6,9-17,19,23-24H2,1-2H3/b8-7+. The monoisotopic (exact) mass is 400 g/mol. The van der Waals surface area contributed by atoms with Crippen molar-refractivity contribution in [2.45, 2.75) is 109 Å². The van der Waals surface area contributed by atoms with Crippen LogP contribution in [0.5, 0.6) is 5.75 Å². The average molecular weight is 401 g/mol. The summed E-state index contributed by atoms with van der Waals surface area (Å²) >= 11 is 0. The van der Waals surface area contributed by atoms with Gasteiger partial charge in [-0.3, -0.25) is 0 Å². The van der Waals surface area contributed by atoms with Crippen LogP contribution in [0.25, 0.3) is 0 Å². The number of allylic oxidation sites excluding steroid dienone is 2. The van der Waals surface area contributed by atoms with Gasteiger partial charge in [0.25, 0.3) is 0 Å². The molecule has 1 saturated heterocycles. The van der Waals surface area contributed by atoms with Crippen LogP contribution in [0, 0.1) is 0 Å². The van der Waals surface area contributed by atoms with Crippen LogP contribution < -0.4 is 4.74 Å². The third-order valence-electron chi connectivity index (χ3n) is 5.81. The van der Waals surface area contributed by atoms with Gasteiger partial charge in [0.1, 0.15) is 18.0 Å². The molecule has 1 aromatic carbocycles. The second-order valence-electron chi connectivity index (χ2n) is 9.01. The zero-order chi connectivity index (χ0) is 20.6. The summed E-state index contributed by atoms with van der Waals surface area (Å²) in [6, 6.07) is 8.59. The molecule has 2 heteroatoms. The van der Waals surface area contributed by atoms with Crippen molar-refractivity contribution >= 4 is 0 Å². The smallest absolute Gasteiger partial charge is 0.123 e. The van der Waals surface area contributed by atoms with Gasteiger partial charge in [0.05, 0.1) is 6.61 Å². The molecule has 1 aromatic rings. The minimum absolute atomic E-state index is 0.0407. The number of hydrogen-bond acceptors (Lipinski definition) is 2. The molecule has 0 N–H and O–H groups in total. The highest BCUT2D eigenvalue weighted by atomic mass is 16.6. The lowest BCUT2D eigenvalue weighted by atomic mass is 10.0. The highest BCUT2D eigenvalue weighted by Gasteiger charge is 2.40. The largest absolute Gasteiger partial charge is 0.490 e. The quantitative estimate of drug-likeness (QED) is 0.141. The van der Waals surface area contributed by atoms with Gasteiger partial charge in [0.15, 0.2) is 0 Å². The highest BCUT2D eigenvalue weighted by Crippen LogP contribution is 2.27. The maximum absolute atomic E-state index is 5.87. The summed E-state index contributed by atoms with van der Waals surface area (Å²) in [5, 5.41) is 0. The molecule has 0 saturated carbocycles. The minimum atomic E-state index is -0.0407. The van der Waals surface area contributed by atoms with E-state index in [1.807, 2.05) is 0 Å². The second-order valence-corrected chi connectivity index (χ2v) is 9.01. The van der Waals surface area contributed by atoms with Gasteiger partial charge in [0.2, 0.25) is 0 Å². The van der Waals surface area contributed by atoms with Gasteiger partial charge >= 0.3 is 0 Å². The predicted octanol–water partition coefficient (Wildman–Crippen LogP) is 8.04. The molecule has 1 atom stereocenters. The average Bonchev–Trinajstić information content (AvgIpc) is 3.47. The molecule has 0 radical (unpaired) electrons. The Kier molecular flexibility index (Phi) is 12.1. The molecule has 0 amide bonds. The fourth-order valence-corrected chi connectivity index (χ4v) is 3.63. The Morgan fingerprint density at radius 2 is 1.52 bits per heavy atom. The molecule has 1 aliphatic heterocycles. The van der Waals surface area contributed by atoms with E-state index in [4.69, 9.17) is 9.47 Å². The maximum Gasteiger partial charge on any atom is 0.123 e. The van der Waals surface area contributed by atoms with Gasteiger partial charge in [-0.2, -0.15) is 0 Å². The van der Waals surface area contributed by atoms with E-state index in [1.54, 1.807) is 0 Å². The van der Waals surface area contributed by atoms with Gasteiger partial charge in [-0.15, -0.1) is 0 Å². The number of unbranched alkanes of at least 4 members (excludes halogenated alkanes) is 11. The van der Waals surface area contributed by atoms with Crippen LogP contribution in [0.4, 0.5) is 0 Å². The summed E-state index contributed by atoms with van der Waals surface area (Å²) in [4.78, 5) is 0. The van der Waals surface area contributed by atoms with Crippen LogP contribution >= 0.6 is 0 Å². The summed E-state index contributed by atoms with van der Waals surface area (Å²) in [6.45, 7) is 5.85. The Morgan fingerprint density at radius 3 is 2.17 bits per heavy atom. The van der Waals surface area contributed by atoms with E-state index in [2.05, 4.69) is 50.3 Å². The number of epoxide rings is 1. The fraction of sp³-hybridized carbons (Fsp3) is 0.704. The molecule has 2 nitrogen and oxygen atoms in total. The maximum atomic E-state index is 5.87. The molecule has 1 aliphatic rings. The number of ether oxygens (including phenoxy) is 2. The first-order valence-electron chi connectivity index (χ1n) is 12.2. The highest BCUT2D eigenvalue weighted by molar-refractivity contribution is 5.28. The van der Waals surface area contributed by atoms with Crippen molar-refractivity contribution in [3.63, 3.8) is 0 Å². The summed E-state index contributed by atoms with van der Waals surface area (Å²) in [5.41, 5.74) is 1.35. The van der Waals surface area contributed by atoms with Crippen molar-refractivity contribution in [2.24, 2.45) is 0 Å². The number of aryl methyl sites for hydroxylation is 1. The SMILES string of the molecule is CCCCC/C=C/CCCCCCCCCCc1cccc(OCC2(C)CO2)c1. The van der Waals surface area contributed by atoms with Crippen LogP contribution in [0.1, 0.15) is 103 Å². The summed E-state index contributed by atoms with van der Waals surface area (Å²) < 4.78 is 11.3. The van der Waals surface area contributed by atoms with Gasteiger partial charge < -0.3 is 9.47 Å². The molecule has 1 heterocycles. The Bertz CT molecular complexity index is 559. The lowest BCUT2D eigenvalue weighted by Crippen LogP contribution is -2.16. The van der Waals surface area contributed by atoms with Crippen molar-refractivity contribution in [1.82, 2.24) is 0 Å². The molecule has 1 fully saturated rings. The molecule has 164 valence electrons. The number of benzene rings is 1. The number of rotatable bonds is 18. The second kappa shape index (κ2) is 14.7. The van der Waals surface area contributed by atoms with Gasteiger partial charge in [0, 0.05) is 0 Å². The molecule has 0 spiro atoms. The molecule has 0 aliphatic carbocycles. The third-order valence-corrected chi connectivity index (χ3v) is 5.81. The van der Waals surface area contributed by atoms with Crippen LogP contribution in [0.2, 0.25) is 0 Å². The first kappa shape index (κ1) is 24.0. The molecule has 2 rings (SSSR count). The van der Waals surface area contributed by atoms with Gasteiger partial charge in [-0.25, -0.2) is 0 Å². The first-order valence-corrected chi connectivity index (χ1v) is 12.2. The van der Waals surface area contributed by atoms with E-state index >= 15 is 0 Å². The Balaban J connectivity index is 1.38. The topological polar surface area (TPSA) is 21.8 Å². The summed E-state index contributed by atoms with van der Waals surface area (Å²) in [5.74, 6) is 0.982. The summed E-state index contributed by atoms with van der Waals surface area (Å²) in [7, 11) is 0. The first-order chi connectivity index (χ1) is 14.2.